The van der Waals surface area contributed by atoms with Crippen molar-refractivity contribution in [3.63, 3.8) is 0 Å². The first kappa shape index (κ1) is 17.2. The van der Waals surface area contributed by atoms with Crippen molar-refractivity contribution in [1.29, 1.82) is 0 Å². The minimum Gasteiger partial charge on any atom is -0.488 e. The fraction of sp³-hybridized carbons (Fsp3) is 0.0952. The lowest BCUT2D eigenvalue weighted by molar-refractivity contribution is 0.304. The Morgan fingerprint density at radius 2 is 1.69 bits per heavy atom. The molecule has 1 N–H and O–H groups in total. The van der Waals surface area contributed by atoms with Crippen molar-refractivity contribution in [2.45, 2.75) is 12.0 Å². The Labute approximate surface area is 165 Å². The van der Waals surface area contributed by atoms with Gasteiger partial charge < -0.3 is 4.74 Å². The van der Waals surface area contributed by atoms with E-state index in [-0.39, 0.29) is 5.37 Å². The molecule has 5 heteroatoms. The van der Waals surface area contributed by atoms with Crippen LogP contribution in [0.1, 0.15) is 22.1 Å². The maximum Gasteiger partial charge on any atom is 0.134 e. The van der Waals surface area contributed by atoms with E-state index in [1.54, 1.807) is 11.8 Å². The molecule has 1 heterocycles. The van der Waals surface area contributed by atoms with Crippen molar-refractivity contribution in [2.24, 2.45) is 5.10 Å². The molecule has 0 fully saturated rings. The number of hydrazone groups is 1. The summed E-state index contributed by atoms with van der Waals surface area (Å²) in [6.45, 7) is 0.552. The highest BCUT2D eigenvalue weighted by atomic mass is 79.9. The van der Waals surface area contributed by atoms with E-state index >= 15 is 0 Å². The summed E-state index contributed by atoms with van der Waals surface area (Å²) in [6.07, 6.45) is 0. The number of nitrogens with zero attached hydrogens (tertiary/aromatic N) is 1. The van der Waals surface area contributed by atoms with Gasteiger partial charge in [0.25, 0.3) is 0 Å². The number of nitrogens with one attached hydrogen (secondary N) is 1. The Bertz CT molecular complexity index is 916. The molecule has 3 nitrogen and oxygen atoms in total. The standard InChI is InChI=1S/C21H17BrN2OS/c22-18-13-17(11-12-19(18)25-14-15-7-3-1-4-8-15)21-24-23-20(26-21)16-9-5-2-6-10-16/h1-13,21,24H,14H2/t21-/m1/s1. The molecule has 3 aromatic rings. The largest absolute Gasteiger partial charge is 0.488 e. The van der Waals surface area contributed by atoms with E-state index in [0.717, 1.165) is 32.0 Å². The predicted molar refractivity (Wildman–Crippen MR) is 111 cm³/mol. The van der Waals surface area contributed by atoms with Crippen LogP contribution in [0.4, 0.5) is 0 Å². The minimum absolute atomic E-state index is 0.102. The third kappa shape index (κ3) is 3.94. The quantitative estimate of drug-likeness (QED) is 0.567. The lowest BCUT2D eigenvalue weighted by Gasteiger charge is -2.13. The number of thioether (sulfide) groups is 1. The van der Waals surface area contributed by atoms with E-state index < -0.39 is 0 Å². The Hall–Kier alpha value is -2.24. The van der Waals surface area contributed by atoms with Gasteiger partial charge in [-0.3, -0.25) is 5.43 Å². The van der Waals surface area contributed by atoms with E-state index in [9.17, 15) is 0 Å². The summed E-state index contributed by atoms with van der Waals surface area (Å²) in [4.78, 5) is 0. The van der Waals surface area contributed by atoms with Gasteiger partial charge in [0.2, 0.25) is 0 Å². The first-order chi connectivity index (χ1) is 12.8. The number of benzene rings is 3. The third-order valence-electron chi connectivity index (χ3n) is 4.03. The molecule has 26 heavy (non-hydrogen) atoms. The highest BCUT2D eigenvalue weighted by Crippen LogP contribution is 2.37. The van der Waals surface area contributed by atoms with Gasteiger partial charge in [-0.25, -0.2) is 0 Å². The molecule has 0 bridgehead atoms. The van der Waals surface area contributed by atoms with Crippen molar-refractivity contribution >= 4 is 32.7 Å². The molecule has 1 aliphatic heterocycles. The Morgan fingerprint density at radius 3 is 2.42 bits per heavy atom. The average Bonchev–Trinajstić information content (AvgIpc) is 3.19. The van der Waals surface area contributed by atoms with Gasteiger partial charge in [-0.1, -0.05) is 78.5 Å². The molecule has 0 saturated heterocycles. The zero-order valence-corrected chi connectivity index (χ0v) is 16.3. The Kier molecular flexibility index (Phi) is 5.27. The summed E-state index contributed by atoms with van der Waals surface area (Å²) in [7, 11) is 0. The summed E-state index contributed by atoms with van der Waals surface area (Å²) in [6, 6.07) is 26.6. The van der Waals surface area contributed by atoms with Crippen LogP contribution in [-0.4, -0.2) is 5.04 Å². The molecule has 0 unspecified atom stereocenters. The SMILES string of the molecule is Brc1cc([C@@H]2NN=C(c3ccccc3)S2)ccc1OCc1ccccc1. The predicted octanol–water partition coefficient (Wildman–Crippen LogP) is 5.72. The number of rotatable bonds is 5. The normalized spacial score (nSPS) is 16.0. The van der Waals surface area contributed by atoms with Gasteiger partial charge in [-0.2, -0.15) is 5.10 Å². The van der Waals surface area contributed by atoms with Gasteiger partial charge in [-0.05, 0) is 39.2 Å². The number of hydrogen-bond donors (Lipinski definition) is 1. The van der Waals surface area contributed by atoms with Crippen LogP contribution in [0.3, 0.4) is 0 Å². The van der Waals surface area contributed by atoms with Crippen LogP contribution in [0, 0.1) is 0 Å². The minimum atomic E-state index is 0.102. The van der Waals surface area contributed by atoms with Crippen LogP contribution in [0.15, 0.2) is 88.4 Å². The zero-order valence-electron chi connectivity index (χ0n) is 13.9. The van der Waals surface area contributed by atoms with Crippen LogP contribution in [-0.2, 0) is 6.61 Å². The van der Waals surface area contributed by atoms with Crippen LogP contribution in [0.25, 0.3) is 0 Å². The maximum atomic E-state index is 5.93. The first-order valence-corrected chi connectivity index (χ1v) is 9.98. The fourth-order valence-corrected chi connectivity index (χ4v) is 4.17. The monoisotopic (exact) mass is 424 g/mol. The molecule has 0 aliphatic carbocycles. The molecule has 1 atom stereocenters. The van der Waals surface area contributed by atoms with Crippen molar-refractivity contribution in [1.82, 2.24) is 5.43 Å². The molecule has 0 radical (unpaired) electrons. The van der Waals surface area contributed by atoms with Crippen LogP contribution in [0.2, 0.25) is 0 Å². The molecule has 3 aromatic carbocycles. The topological polar surface area (TPSA) is 33.6 Å². The van der Waals surface area contributed by atoms with Crippen molar-refractivity contribution in [3.05, 3.63) is 100 Å². The molecule has 0 saturated carbocycles. The second-order valence-corrected chi connectivity index (χ2v) is 7.82. The fourth-order valence-electron chi connectivity index (χ4n) is 2.67. The van der Waals surface area contributed by atoms with E-state index in [2.05, 4.69) is 62.9 Å². The average molecular weight is 425 g/mol. The smallest absolute Gasteiger partial charge is 0.134 e. The summed E-state index contributed by atoms with van der Waals surface area (Å²) >= 11 is 5.35. The second kappa shape index (κ2) is 7.98. The highest BCUT2D eigenvalue weighted by Gasteiger charge is 2.22. The zero-order chi connectivity index (χ0) is 17.8. The van der Waals surface area contributed by atoms with Gasteiger partial charge in [0.1, 0.15) is 22.8 Å². The van der Waals surface area contributed by atoms with Gasteiger partial charge in [0, 0.05) is 5.56 Å². The third-order valence-corrected chi connectivity index (χ3v) is 5.81. The highest BCUT2D eigenvalue weighted by molar-refractivity contribution is 9.10. The van der Waals surface area contributed by atoms with E-state index in [1.165, 1.54) is 0 Å². The molecule has 0 spiro atoms. The first-order valence-electron chi connectivity index (χ1n) is 8.31. The Balaban J connectivity index is 1.42. The molecule has 130 valence electrons. The second-order valence-electron chi connectivity index (χ2n) is 5.87. The summed E-state index contributed by atoms with van der Waals surface area (Å²) < 4.78 is 6.87. The van der Waals surface area contributed by atoms with Crippen LogP contribution in [0.5, 0.6) is 5.75 Å². The molecule has 1 aliphatic rings. The van der Waals surface area contributed by atoms with E-state index in [4.69, 9.17) is 4.74 Å². The summed E-state index contributed by atoms with van der Waals surface area (Å²) in [5.41, 5.74) is 6.66. The summed E-state index contributed by atoms with van der Waals surface area (Å²) in [5, 5.41) is 5.59. The van der Waals surface area contributed by atoms with Gasteiger partial charge in [0.15, 0.2) is 0 Å². The molecule has 0 aromatic heterocycles. The number of hydrogen-bond acceptors (Lipinski definition) is 4. The van der Waals surface area contributed by atoms with Crippen molar-refractivity contribution in [3.8, 4) is 5.75 Å². The lowest BCUT2D eigenvalue weighted by Crippen LogP contribution is -2.06. The van der Waals surface area contributed by atoms with Crippen molar-refractivity contribution in [2.75, 3.05) is 0 Å². The lowest BCUT2D eigenvalue weighted by atomic mass is 10.2. The number of ether oxygens (including phenoxy) is 1. The van der Waals surface area contributed by atoms with Gasteiger partial charge in [0.05, 0.1) is 4.47 Å². The van der Waals surface area contributed by atoms with Crippen LogP contribution >= 0.6 is 27.7 Å². The van der Waals surface area contributed by atoms with Gasteiger partial charge >= 0.3 is 0 Å². The van der Waals surface area contributed by atoms with Crippen molar-refractivity contribution < 1.29 is 4.74 Å². The van der Waals surface area contributed by atoms with E-state index in [0.29, 0.717) is 6.61 Å². The molecule has 4 rings (SSSR count). The van der Waals surface area contributed by atoms with Crippen LogP contribution < -0.4 is 10.2 Å². The molecular formula is C21H17BrN2OS. The van der Waals surface area contributed by atoms with E-state index in [1.807, 2.05) is 42.5 Å². The summed E-state index contributed by atoms with van der Waals surface area (Å²) in [5.74, 6) is 0.838. The molecule has 0 amide bonds. The maximum absolute atomic E-state index is 5.93. The van der Waals surface area contributed by atoms with Gasteiger partial charge in [-0.15, -0.1) is 0 Å². The number of halogens is 1. The Morgan fingerprint density at radius 1 is 0.962 bits per heavy atom. The molecular weight excluding hydrogens is 408 g/mol.